The average molecular weight is 865 g/mol. The second-order valence-electron chi connectivity index (χ2n) is 18.0. The van der Waals surface area contributed by atoms with Gasteiger partial charge in [-0.3, -0.25) is 0 Å². The first-order chi connectivity index (χ1) is 33.7. The van der Waals surface area contributed by atoms with Crippen LogP contribution in [0.2, 0.25) is 0 Å². The highest BCUT2D eigenvalue weighted by atomic mass is 16.3. The van der Waals surface area contributed by atoms with Crippen molar-refractivity contribution >= 4 is 78.9 Å². The minimum absolute atomic E-state index is 0.226. The van der Waals surface area contributed by atoms with Gasteiger partial charge in [0.1, 0.15) is 5.58 Å². The van der Waals surface area contributed by atoms with Crippen molar-refractivity contribution < 1.29 is 4.42 Å². The summed E-state index contributed by atoms with van der Waals surface area (Å²) in [7, 11) is 0. The van der Waals surface area contributed by atoms with E-state index in [0.717, 1.165) is 66.9 Å². The summed E-state index contributed by atoms with van der Waals surface area (Å²) in [6.07, 6.45) is 0. The minimum atomic E-state index is -0.226. The van der Waals surface area contributed by atoms with E-state index in [-0.39, 0.29) is 6.85 Å². The molecule has 0 saturated carbocycles. The number of fused-ring (bicyclic) bond motifs is 9. The zero-order valence-electron chi connectivity index (χ0n) is 37.1. The summed E-state index contributed by atoms with van der Waals surface area (Å²) in [5, 5.41) is 4.58. The maximum atomic E-state index is 7.24. The smallest absolute Gasteiger partial charge is 0.333 e. The number of rotatable bonds is 6. The van der Waals surface area contributed by atoms with Crippen molar-refractivity contribution in [3.63, 3.8) is 0 Å². The van der Waals surface area contributed by atoms with Crippen LogP contribution in [0.4, 0.5) is 28.4 Å². The summed E-state index contributed by atoms with van der Waals surface area (Å²) in [5.41, 5.74) is 21.6. The topological polar surface area (TPSA) is 19.6 Å². The molecule has 12 aromatic rings. The van der Waals surface area contributed by atoms with Crippen LogP contribution in [0.1, 0.15) is 0 Å². The summed E-state index contributed by atoms with van der Waals surface area (Å²) in [4.78, 5) is 5.10. The van der Waals surface area contributed by atoms with Gasteiger partial charge in [0, 0.05) is 39.1 Å². The molecule has 3 nitrogen and oxygen atoms in total. The molecule has 0 saturated heterocycles. The number of furan rings is 1. The largest absolute Gasteiger partial charge is 0.454 e. The van der Waals surface area contributed by atoms with Gasteiger partial charge in [-0.25, -0.2) is 0 Å². The highest BCUT2D eigenvalue weighted by molar-refractivity contribution is 6.94. The van der Waals surface area contributed by atoms with Crippen molar-refractivity contribution in [1.82, 2.24) is 0 Å². The number of nitrogens with zero attached hydrogens (tertiary/aromatic N) is 2. The van der Waals surface area contributed by atoms with Crippen molar-refractivity contribution in [2.75, 3.05) is 9.71 Å². The van der Waals surface area contributed by atoms with E-state index in [4.69, 9.17) is 4.42 Å². The molecular formula is C64H41BN2O. The predicted molar refractivity (Wildman–Crippen MR) is 287 cm³/mol. The Hall–Kier alpha value is -8.86. The second-order valence-corrected chi connectivity index (χ2v) is 18.0. The number of hydrogen-bond acceptors (Lipinski definition) is 3. The maximum absolute atomic E-state index is 7.24. The molecule has 316 valence electrons. The maximum Gasteiger partial charge on any atom is 0.333 e. The molecule has 0 spiro atoms. The molecule has 3 heterocycles. The third-order valence-corrected chi connectivity index (χ3v) is 14.2. The lowest BCUT2D eigenvalue weighted by molar-refractivity contribution is 0.670. The lowest BCUT2D eigenvalue weighted by atomic mass is 9.43. The first kappa shape index (κ1) is 38.4. The zero-order chi connectivity index (χ0) is 44.7. The van der Waals surface area contributed by atoms with E-state index in [0.29, 0.717) is 0 Å². The first-order valence-corrected chi connectivity index (χ1v) is 23.4. The Morgan fingerprint density at radius 2 is 0.853 bits per heavy atom. The first-order valence-electron chi connectivity index (χ1n) is 23.4. The van der Waals surface area contributed by atoms with Crippen molar-refractivity contribution in [2.24, 2.45) is 0 Å². The van der Waals surface area contributed by atoms with Crippen LogP contribution in [0.5, 0.6) is 0 Å². The Bertz CT molecular complexity index is 3890. The highest BCUT2D eigenvalue weighted by Crippen LogP contribution is 2.52. The van der Waals surface area contributed by atoms with Crippen LogP contribution in [-0.4, -0.2) is 6.85 Å². The summed E-state index contributed by atoms with van der Waals surface area (Å²) < 4.78 is 7.24. The normalized spacial score (nSPS) is 12.6. The summed E-state index contributed by atoms with van der Waals surface area (Å²) in [5.74, 6) is 0. The van der Waals surface area contributed by atoms with Crippen molar-refractivity contribution in [2.45, 2.75) is 0 Å². The highest BCUT2D eigenvalue weighted by Gasteiger charge is 2.46. The van der Waals surface area contributed by atoms with Crippen LogP contribution in [0.15, 0.2) is 253 Å². The van der Waals surface area contributed by atoms with Crippen molar-refractivity contribution in [1.29, 1.82) is 0 Å². The molecule has 0 atom stereocenters. The molecule has 0 radical (unpaired) electrons. The molecule has 1 aromatic heterocycles. The summed E-state index contributed by atoms with van der Waals surface area (Å²) >= 11 is 0. The third kappa shape index (κ3) is 6.08. The van der Waals surface area contributed by atoms with Gasteiger partial charge in [-0.15, -0.1) is 0 Å². The van der Waals surface area contributed by atoms with Crippen LogP contribution in [0, 0.1) is 0 Å². The third-order valence-electron chi connectivity index (χ3n) is 14.2. The molecular weight excluding hydrogens is 824 g/mol. The monoisotopic (exact) mass is 864 g/mol. The molecule has 0 amide bonds. The molecule has 11 aromatic carbocycles. The van der Waals surface area contributed by atoms with Gasteiger partial charge < -0.3 is 14.1 Å². The molecule has 2 aliphatic rings. The fourth-order valence-corrected chi connectivity index (χ4v) is 11.0. The van der Waals surface area contributed by atoms with E-state index >= 15 is 0 Å². The fourth-order valence-electron chi connectivity index (χ4n) is 11.0. The Morgan fingerprint density at radius 1 is 0.338 bits per heavy atom. The molecule has 68 heavy (non-hydrogen) atoms. The van der Waals surface area contributed by atoms with Gasteiger partial charge in [-0.05, 0) is 132 Å². The van der Waals surface area contributed by atoms with E-state index < -0.39 is 0 Å². The molecule has 14 rings (SSSR count). The van der Waals surface area contributed by atoms with Gasteiger partial charge in [0.25, 0.3) is 0 Å². The van der Waals surface area contributed by atoms with Crippen molar-refractivity contribution in [3.8, 4) is 55.6 Å². The lowest BCUT2D eigenvalue weighted by Gasteiger charge is -2.46. The van der Waals surface area contributed by atoms with E-state index in [1.54, 1.807) is 0 Å². The number of hydrogen-bond donors (Lipinski definition) is 0. The van der Waals surface area contributed by atoms with Gasteiger partial charge in [0.15, 0.2) is 5.58 Å². The Balaban J connectivity index is 1.09. The van der Waals surface area contributed by atoms with Crippen molar-refractivity contribution in [3.05, 3.63) is 249 Å². The minimum Gasteiger partial charge on any atom is -0.454 e. The SMILES string of the molecule is c1ccc(-c2ccc(N3B4c5cc(-c6ccccc6)ccc5N(c5ccc(-c6ccccc6)cc5)c5cc(-c6ccccc6)cc(c54)-c4ccc5c(oc6cc7ccccc7cc65)c43)cc2)cc1. The molecule has 0 aliphatic carbocycles. The van der Waals surface area contributed by atoms with Crippen LogP contribution in [0.3, 0.4) is 0 Å². The zero-order valence-corrected chi connectivity index (χ0v) is 37.1. The van der Waals surface area contributed by atoms with Crippen LogP contribution >= 0.6 is 0 Å². The summed E-state index contributed by atoms with van der Waals surface area (Å²) in [6, 6.07) is 90.9. The van der Waals surface area contributed by atoms with E-state index in [9.17, 15) is 0 Å². The molecule has 2 aliphatic heterocycles. The van der Waals surface area contributed by atoms with Crippen LogP contribution in [0.25, 0.3) is 88.3 Å². The quantitative estimate of drug-likeness (QED) is 0.155. The Labute approximate surface area is 395 Å². The molecule has 4 heteroatoms. The van der Waals surface area contributed by atoms with Crippen LogP contribution in [-0.2, 0) is 0 Å². The van der Waals surface area contributed by atoms with Gasteiger partial charge in [-0.1, -0.05) is 188 Å². The predicted octanol–water partition coefficient (Wildman–Crippen LogP) is 16.1. The number of benzene rings is 11. The van der Waals surface area contributed by atoms with Gasteiger partial charge in [0.05, 0.1) is 5.69 Å². The molecule has 0 bridgehead atoms. The Morgan fingerprint density at radius 3 is 1.47 bits per heavy atom. The molecule has 0 fully saturated rings. The Kier molecular flexibility index (Phi) is 8.68. The van der Waals surface area contributed by atoms with E-state index in [2.05, 4.69) is 258 Å². The summed E-state index contributed by atoms with van der Waals surface area (Å²) in [6.45, 7) is -0.226. The number of anilines is 5. The second kappa shape index (κ2) is 15.4. The molecule has 0 N–H and O–H groups in total. The van der Waals surface area contributed by atoms with E-state index in [1.807, 2.05) is 0 Å². The standard InChI is InChI=1S/C64H41BN2O/c1-5-15-42(16-6-1)46-25-30-52(31-26-46)66-59-36-29-50(44-19-9-3-10-20-44)39-58(59)65-62-57(38-51(40-60(62)66)45-21-11-4-12-22-45)54-34-35-55-56-37-48-23-13-14-24-49(48)41-61(56)68-64(55)63(54)67(65)53-32-27-47(28-33-53)43-17-7-2-8-18-43/h1-41H. The fraction of sp³-hybridized carbons (Fsp3) is 0. The van der Waals surface area contributed by atoms with Crippen LogP contribution < -0.4 is 20.6 Å². The van der Waals surface area contributed by atoms with Gasteiger partial charge in [0.2, 0.25) is 0 Å². The lowest BCUT2D eigenvalue weighted by Crippen LogP contribution is -2.61. The molecule has 0 unspecified atom stereocenters. The average Bonchev–Trinajstić information content (AvgIpc) is 3.78. The van der Waals surface area contributed by atoms with Gasteiger partial charge in [-0.2, -0.15) is 0 Å². The van der Waals surface area contributed by atoms with Gasteiger partial charge >= 0.3 is 6.85 Å². The van der Waals surface area contributed by atoms with E-state index in [1.165, 1.54) is 60.8 Å².